The maximum atomic E-state index is 13.4. The molecule has 26 heavy (non-hydrogen) atoms. The topological polar surface area (TPSA) is 32.3 Å². The zero-order chi connectivity index (χ0) is 17.5. The zero-order valence-corrected chi connectivity index (χ0v) is 15.1. The van der Waals surface area contributed by atoms with Gasteiger partial charge in [0.05, 0.1) is 11.4 Å². The van der Waals surface area contributed by atoms with E-state index in [0.29, 0.717) is 17.9 Å². The van der Waals surface area contributed by atoms with Crippen molar-refractivity contribution in [1.82, 2.24) is 5.32 Å². The number of hydrogen-bond donors (Lipinski definition) is 1. The molecule has 4 bridgehead atoms. The first-order chi connectivity index (χ1) is 12.8. The molecule has 4 saturated carbocycles. The molecule has 0 radical (unpaired) electrons. The smallest absolute Gasteiger partial charge is 0.326 e. The summed E-state index contributed by atoms with van der Waals surface area (Å²) in [5.41, 5.74) is 1.83. The van der Waals surface area contributed by atoms with E-state index in [2.05, 4.69) is 5.32 Å². The molecule has 0 aromatic heterocycles. The van der Waals surface area contributed by atoms with Crippen molar-refractivity contribution in [2.24, 2.45) is 23.7 Å². The number of carbonyl (C=O) groups excluding carboxylic acids is 1. The van der Waals surface area contributed by atoms with E-state index < -0.39 is 0 Å². The number of para-hydroxylation sites is 2. The van der Waals surface area contributed by atoms with Gasteiger partial charge in [0.25, 0.3) is 0 Å². The largest absolute Gasteiger partial charge is 0.334 e. The van der Waals surface area contributed by atoms with Crippen LogP contribution in [0.3, 0.4) is 0 Å². The van der Waals surface area contributed by atoms with Crippen LogP contribution >= 0.6 is 0 Å². The van der Waals surface area contributed by atoms with E-state index in [1.54, 1.807) is 0 Å². The van der Waals surface area contributed by atoms with Crippen LogP contribution < -0.4 is 10.2 Å². The summed E-state index contributed by atoms with van der Waals surface area (Å²) in [4.78, 5) is 15.2. The van der Waals surface area contributed by atoms with Crippen LogP contribution in [0.5, 0.6) is 0 Å². The molecule has 0 atom stereocenters. The lowest BCUT2D eigenvalue weighted by Crippen LogP contribution is -2.57. The molecule has 2 amide bonds. The maximum Gasteiger partial charge on any atom is 0.326 e. The minimum Gasteiger partial charge on any atom is -0.334 e. The lowest BCUT2D eigenvalue weighted by molar-refractivity contribution is -0.00902. The van der Waals surface area contributed by atoms with Crippen molar-refractivity contribution >= 4 is 17.4 Å². The van der Waals surface area contributed by atoms with Crippen LogP contribution in [0.25, 0.3) is 0 Å². The molecule has 4 fully saturated rings. The molecule has 4 aliphatic carbocycles. The van der Waals surface area contributed by atoms with Crippen LogP contribution in [0.2, 0.25) is 0 Å². The summed E-state index contributed by atoms with van der Waals surface area (Å²) in [5.74, 6) is 3.21. The summed E-state index contributed by atoms with van der Waals surface area (Å²) in [6.45, 7) is 0. The van der Waals surface area contributed by atoms with Crippen LogP contribution in [-0.2, 0) is 0 Å². The minimum absolute atomic E-state index is 0.0138. The number of anilines is 2. The Labute approximate surface area is 155 Å². The minimum atomic E-state index is 0.0138. The summed E-state index contributed by atoms with van der Waals surface area (Å²) in [6, 6.07) is 20.3. The van der Waals surface area contributed by atoms with Crippen molar-refractivity contribution in [3.63, 3.8) is 0 Å². The van der Waals surface area contributed by atoms with Crippen molar-refractivity contribution < 1.29 is 4.79 Å². The molecule has 1 N–H and O–H groups in total. The van der Waals surface area contributed by atoms with Gasteiger partial charge in [0, 0.05) is 6.04 Å². The quantitative estimate of drug-likeness (QED) is 0.797. The van der Waals surface area contributed by atoms with E-state index in [9.17, 15) is 4.79 Å². The van der Waals surface area contributed by atoms with Crippen molar-refractivity contribution in [1.29, 1.82) is 0 Å². The van der Waals surface area contributed by atoms with Gasteiger partial charge in [-0.25, -0.2) is 4.79 Å². The molecular weight excluding hydrogens is 320 g/mol. The molecule has 2 aromatic rings. The van der Waals surface area contributed by atoms with Crippen molar-refractivity contribution in [3.05, 3.63) is 60.7 Å². The van der Waals surface area contributed by atoms with Gasteiger partial charge < -0.3 is 5.32 Å². The molecular formula is C23H26N2O. The Balaban J connectivity index is 1.41. The number of urea groups is 1. The number of nitrogens with one attached hydrogen (secondary N) is 1. The Morgan fingerprint density at radius 2 is 1.19 bits per heavy atom. The van der Waals surface area contributed by atoms with Gasteiger partial charge in [0.2, 0.25) is 0 Å². The highest BCUT2D eigenvalue weighted by atomic mass is 16.2. The molecule has 3 heteroatoms. The van der Waals surface area contributed by atoms with Gasteiger partial charge in [-0.15, -0.1) is 0 Å². The third-order valence-corrected chi connectivity index (χ3v) is 6.75. The standard InChI is InChI=1S/C23H26N2O/c26-23(24-22-18-12-16-11-17(14-18)15-19(22)13-16)25(20-7-3-1-4-8-20)21-9-5-2-6-10-21/h1-10,16-19,22H,11-15H2,(H,24,26). The zero-order valence-electron chi connectivity index (χ0n) is 15.1. The fourth-order valence-electron chi connectivity index (χ4n) is 5.91. The van der Waals surface area contributed by atoms with Crippen LogP contribution in [0, 0.1) is 23.7 Å². The highest BCUT2D eigenvalue weighted by Gasteiger charge is 2.48. The molecule has 4 aliphatic rings. The number of rotatable bonds is 3. The van der Waals surface area contributed by atoms with E-state index in [1.165, 1.54) is 32.1 Å². The Morgan fingerprint density at radius 3 is 1.65 bits per heavy atom. The summed E-state index contributed by atoms with van der Waals surface area (Å²) in [7, 11) is 0. The second-order valence-corrected chi connectivity index (χ2v) is 8.41. The van der Waals surface area contributed by atoms with Gasteiger partial charge in [-0.2, -0.15) is 0 Å². The predicted molar refractivity (Wildman–Crippen MR) is 104 cm³/mol. The fraction of sp³-hybridized carbons (Fsp3) is 0.435. The number of hydrogen-bond acceptors (Lipinski definition) is 1. The highest BCUT2D eigenvalue weighted by molar-refractivity contribution is 5.99. The molecule has 2 aromatic carbocycles. The fourth-order valence-corrected chi connectivity index (χ4v) is 5.91. The summed E-state index contributed by atoms with van der Waals surface area (Å²) < 4.78 is 0. The average molecular weight is 346 g/mol. The second kappa shape index (κ2) is 6.46. The van der Waals surface area contributed by atoms with Crippen molar-refractivity contribution in [2.45, 2.75) is 38.1 Å². The lowest BCUT2D eigenvalue weighted by atomic mass is 9.54. The first-order valence-corrected chi connectivity index (χ1v) is 9.98. The maximum absolute atomic E-state index is 13.4. The number of benzene rings is 2. The van der Waals surface area contributed by atoms with Gasteiger partial charge in [-0.05, 0) is 80.0 Å². The molecule has 134 valence electrons. The first-order valence-electron chi connectivity index (χ1n) is 9.98. The van der Waals surface area contributed by atoms with E-state index in [4.69, 9.17) is 0 Å². The average Bonchev–Trinajstić information content (AvgIpc) is 2.66. The van der Waals surface area contributed by atoms with Gasteiger partial charge in [0.1, 0.15) is 0 Å². The van der Waals surface area contributed by atoms with Crippen molar-refractivity contribution in [3.8, 4) is 0 Å². The molecule has 0 heterocycles. The van der Waals surface area contributed by atoms with Gasteiger partial charge in [-0.3, -0.25) is 4.90 Å². The normalized spacial score (nSPS) is 31.6. The van der Waals surface area contributed by atoms with E-state index in [0.717, 1.165) is 23.2 Å². The van der Waals surface area contributed by atoms with E-state index in [1.807, 2.05) is 65.6 Å². The second-order valence-electron chi connectivity index (χ2n) is 8.41. The number of amides is 2. The van der Waals surface area contributed by atoms with Crippen LogP contribution in [0.4, 0.5) is 16.2 Å². The van der Waals surface area contributed by atoms with Crippen molar-refractivity contribution in [2.75, 3.05) is 4.90 Å². The number of carbonyl (C=O) groups is 1. The molecule has 0 unspecified atom stereocenters. The van der Waals surface area contributed by atoms with Crippen LogP contribution in [0.15, 0.2) is 60.7 Å². The van der Waals surface area contributed by atoms with Gasteiger partial charge >= 0.3 is 6.03 Å². The monoisotopic (exact) mass is 346 g/mol. The van der Waals surface area contributed by atoms with Gasteiger partial charge in [-0.1, -0.05) is 36.4 Å². The Hall–Kier alpha value is -2.29. The molecule has 3 nitrogen and oxygen atoms in total. The third kappa shape index (κ3) is 2.80. The van der Waals surface area contributed by atoms with Crippen LogP contribution in [-0.4, -0.2) is 12.1 Å². The molecule has 6 rings (SSSR count). The first kappa shape index (κ1) is 15.9. The number of nitrogens with zero attached hydrogens (tertiary/aromatic N) is 1. The Bertz CT molecular complexity index is 706. The Morgan fingerprint density at radius 1 is 0.731 bits per heavy atom. The summed E-state index contributed by atoms with van der Waals surface area (Å²) in [6.07, 6.45) is 6.69. The Kier molecular flexibility index (Phi) is 3.96. The predicted octanol–water partition coefficient (Wildman–Crippen LogP) is 5.36. The van der Waals surface area contributed by atoms with E-state index in [-0.39, 0.29) is 6.03 Å². The third-order valence-electron chi connectivity index (χ3n) is 6.75. The summed E-state index contributed by atoms with van der Waals surface area (Å²) >= 11 is 0. The van der Waals surface area contributed by atoms with E-state index >= 15 is 0 Å². The molecule has 0 aliphatic heterocycles. The SMILES string of the molecule is O=C(NC1C2CC3CC(C2)CC1C3)N(c1ccccc1)c1ccccc1. The summed E-state index contributed by atoms with van der Waals surface area (Å²) in [5, 5.41) is 3.45. The highest BCUT2D eigenvalue weighted by Crippen LogP contribution is 2.53. The van der Waals surface area contributed by atoms with Crippen LogP contribution in [0.1, 0.15) is 32.1 Å². The molecule has 0 saturated heterocycles. The van der Waals surface area contributed by atoms with Gasteiger partial charge in [0.15, 0.2) is 0 Å². The molecule has 0 spiro atoms. The lowest BCUT2D eigenvalue weighted by Gasteiger charge is -2.54.